The van der Waals surface area contributed by atoms with Gasteiger partial charge in [0, 0.05) is 0 Å². The molecule has 12 nitrogen and oxygen atoms in total. The summed E-state index contributed by atoms with van der Waals surface area (Å²) in [6.45, 7) is -0.508. The Balaban J connectivity index is 1.87. The van der Waals surface area contributed by atoms with E-state index in [4.69, 9.17) is 10.5 Å². The lowest BCUT2D eigenvalue weighted by molar-refractivity contribution is -0.759. The van der Waals surface area contributed by atoms with Gasteiger partial charge in [0.05, 0.1) is 6.33 Å². The van der Waals surface area contributed by atoms with E-state index in [-0.39, 0.29) is 5.82 Å². The number of aliphatic hydroxyl groups is 2. The Kier molecular flexibility index (Phi) is 3.48. The Bertz CT molecular complexity index is 706. The van der Waals surface area contributed by atoms with Gasteiger partial charge in [-0.3, -0.25) is 4.57 Å². The molecule has 3 heterocycles. The first-order valence-corrected chi connectivity index (χ1v) is 6.21. The lowest BCUT2D eigenvalue weighted by Crippen LogP contribution is -2.34. The zero-order valence-electron chi connectivity index (χ0n) is 11.0. The van der Waals surface area contributed by atoms with Gasteiger partial charge in [-0.15, -0.1) is 10.1 Å². The molecule has 3 rings (SSSR count). The van der Waals surface area contributed by atoms with Gasteiger partial charge in [0.1, 0.15) is 36.8 Å². The smallest absolute Gasteiger partial charge is 0.294 e. The van der Waals surface area contributed by atoms with Gasteiger partial charge in [0.25, 0.3) is 5.09 Å². The molecule has 22 heavy (non-hydrogen) atoms. The quantitative estimate of drug-likeness (QED) is 0.433. The highest BCUT2D eigenvalue weighted by atomic mass is 17.0. The molecule has 1 saturated heterocycles. The van der Waals surface area contributed by atoms with Crippen LogP contribution in [-0.2, 0) is 9.57 Å². The van der Waals surface area contributed by atoms with Crippen molar-refractivity contribution in [3.63, 3.8) is 0 Å². The fraction of sp³-hybridized carbons (Fsp3) is 0.500. The summed E-state index contributed by atoms with van der Waals surface area (Å²) in [6, 6.07) is 0. The minimum absolute atomic E-state index is 0.157. The number of nitrogens with zero attached hydrogens (tertiary/aromatic N) is 5. The third-order valence-corrected chi connectivity index (χ3v) is 3.34. The first kappa shape index (κ1) is 14.4. The van der Waals surface area contributed by atoms with Gasteiger partial charge in [-0.05, 0) is 0 Å². The fourth-order valence-corrected chi connectivity index (χ4v) is 2.29. The van der Waals surface area contributed by atoms with Crippen LogP contribution in [0.2, 0.25) is 0 Å². The number of anilines is 1. The van der Waals surface area contributed by atoms with Crippen molar-refractivity contribution in [2.75, 3.05) is 12.3 Å². The van der Waals surface area contributed by atoms with E-state index in [9.17, 15) is 20.3 Å². The van der Waals surface area contributed by atoms with Crippen molar-refractivity contribution < 1.29 is 24.9 Å². The largest absolute Gasteiger partial charge is 0.387 e. The maximum absolute atomic E-state index is 10.2. The second kappa shape index (κ2) is 5.32. The Labute approximate surface area is 122 Å². The summed E-state index contributed by atoms with van der Waals surface area (Å²) in [5.41, 5.74) is 6.29. The molecule has 0 saturated carbocycles. The summed E-state index contributed by atoms with van der Waals surface area (Å²) in [5, 5.41) is 29.2. The lowest BCUT2D eigenvalue weighted by atomic mass is 10.1. The molecule has 12 heteroatoms. The summed E-state index contributed by atoms with van der Waals surface area (Å²) < 4.78 is 6.79. The number of fused-ring (bicyclic) bond motifs is 1. The van der Waals surface area contributed by atoms with E-state index in [1.54, 1.807) is 0 Å². The summed E-state index contributed by atoms with van der Waals surface area (Å²) in [6.07, 6.45) is -2.25. The number of rotatable bonds is 4. The van der Waals surface area contributed by atoms with E-state index >= 15 is 0 Å². The van der Waals surface area contributed by atoms with Crippen LogP contribution in [-0.4, -0.2) is 59.7 Å². The normalized spacial score (nSPS) is 28.1. The zero-order valence-corrected chi connectivity index (χ0v) is 11.0. The predicted octanol–water partition coefficient (Wildman–Crippen LogP) is -1.76. The van der Waals surface area contributed by atoms with Crippen molar-refractivity contribution in [1.29, 1.82) is 0 Å². The van der Waals surface area contributed by atoms with E-state index < -0.39 is 36.2 Å². The van der Waals surface area contributed by atoms with Crippen LogP contribution in [0.1, 0.15) is 6.23 Å². The molecule has 118 valence electrons. The molecule has 4 atom stereocenters. The van der Waals surface area contributed by atoms with Crippen molar-refractivity contribution in [2.45, 2.75) is 24.5 Å². The average Bonchev–Trinajstić information content (AvgIpc) is 3.01. The van der Waals surface area contributed by atoms with E-state index in [0.29, 0.717) is 11.2 Å². The van der Waals surface area contributed by atoms with Crippen molar-refractivity contribution in [2.24, 2.45) is 0 Å². The van der Waals surface area contributed by atoms with Gasteiger partial charge in [0.15, 0.2) is 17.7 Å². The Morgan fingerprint density at radius 3 is 2.91 bits per heavy atom. The topological polar surface area (TPSA) is 172 Å². The van der Waals surface area contributed by atoms with Crippen LogP contribution >= 0.6 is 0 Å². The van der Waals surface area contributed by atoms with Crippen LogP contribution < -0.4 is 5.73 Å². The molecule has 1 aliphatic rings. The maximum atomic E-state index is 10.2. The standard InChI is InChI=1S/C10H12N6O6/c11-8-5-9(13-2-12-8)15(3-14-5)10-7(18)6(17)4(22-10)1-21-16(19)20/h2-4,6-7,10,17-18H,1H2,(H2,11,12,13)/t4-,6?,7?,10-/m1/s1. The highest BCUT2D eigenvalue weighted by molar-refractivity contribution is 5.81. The molecule has 2 unspecified atom stereocenters. The molecule has 1 fully saturated rings. The second-order valence-electron chi connectivity index (χ2n) is 4.65. The summed E-state index contributed by atoms with van der Waals surface area (Å²) in [4.78, 5) is 26.2. The minimum Gasteiger partial charge on any atom is -0.387 e. The van der Waals surface area contributed by atoms with Gasteiger partial charge in [-0.2, -0.15) is 0 Å². The molecule has 0 aromatic carbocycles. The number of ether oxygens (including phenoxy) is 1. The maximum Gasteiger partial charge on any atom is 0.294 e. The Hall–Kier alpha value is -2.57. The van der Waals surface area contributed by atoms with Gasteiger partial charge in [0.2, 0.25) is 0 Å². The van der Waals surface area contributed by atoms with Gasteiger partial charge in [-0.25, -0.2) is 15.0 Å². The van der Waals surface area contributed by atoms with Gasteiger partial charge < -0.3 is 25.5 Å². The molecule has 2 aromatic rings. The number of nitrogens with two attached hydrogens (primary N) is 1. The van der Waals surface area contributed by atoms with Crippen LogP contribution in [0.15, 0.2) is 12.7 Å². The number of nitrogen functional groups attached to an aromatic ring is 1. The predicted molar refractivity (Wildman–Crippen MR) is 68.6 cm³/mol. The molecule has 0 bridgehead atoms. The molecule has 0 spiro atoms. The summed E-state index contributed by atoms with van der Waals surface area (Å²) in [5.74, 6) is 0.157. The number of aliphatic hydroxyl groups excluding tert-OH is 2. The van der Waals surface area contributed by atoms with E-state index in [1.165, 1.54) is 17.2 Å². The zero-order chi connectivity index (χ0) is 15.9. The molecule has 4 N–H and O–H groups in total. The molecule has 0 aliphatic carbocycles. The molecule has 2 aromatic heterocycles. The monoisotopic (exact) mass is 312 g/mol. The molecular formula is C10H12N6O6. The number of imidazole rings is 1. The van der Waals surface area contributed by atoms with E-state index in [0.717, 1.165) is 0 Å². The van der Waals surface area contributed by atoms with Crippen LogP contribution in [0.25, 0.3) is 11.2 Å². The average molecular weight is 312 g/mol. The van der Waals surface area contributed by atoms with Gasteiger partial charge >= 0.3 is 0 Å². The molecular weight excluding hydrogens is 300 g/mol. The number of hydrogen-bond donors (Lipinski definition) is 3. The van der Waals surface area contributed by atoms with E-state index in [1.807, 2.05) is 0 Å². The fourth-order valence-electron chi connectivity index (χ4n) is 2.29. The minimum atomic E-state index is -1.36. The van der Waals surface area contributed by atoms with Crippen molar-refractivity contribution in [3.05, 3.63) is 22.8 Å². The van der Waals surface area contributed by atoms with Crippen molar-refractivity contribution in [3.8, 4) is 0 Å². The first-order chi connectivity index (χ1) is 10.5. The Morgan fingerprint density at radius 2 is 2.18 bits per heavy atom. The highest BCUT2D eigenvalue weighted by Gasteiger charge is 2.44. The third kappa shape index (κ3) is 2.28. The highest BCUT2D eigenvalue weighted by Crippen LogP contribution is 2.31. The Morgan fingerprint density at radius 1 is 1.41 bits per heavy atom. The molecule has 0 radical (unpaired) electrons. The lowest BCUT2D eigenvalue weighted by Gasteiger charge is -2.16. The summed E-state index contributed by atoms with van der Waals surface area (Å²) in [7, 11) is 0. The third-order valence-electron chi connectivity index (χ3n) is 3.34. The van der Waals surface area contributed by atoms with Crippen LogP contribution in [0.5, 0.6) is 0 Å². The van der Waals surface area contributed by atoms with Crippen LogP contribution in [0.3, 0.4) is 0 Å². The first-order valence-electron chi connectivity index (χ1n) is 6.21. The molecule has 1 aliphatic heterocycles. The van der Waals surface area contributed by atoms with E-state index in [2.05, 4.69) is 19.8 Å². The van der Waals surface area contributed by atoms with Gasteiger partial charge in [-0.1, -0.05) is 0 Å². The van der Waals surface area contributed by atoms with Crippen molar-refractivity contribution >= 4 is 17.0 Å². The second-order valence-corrected chi connectivity index (χ2v) is 4.65. The number of aromatic nitrogens is 4. The SMILES string of the molecule is Nc1ncnc2c1ncn2[C@@H]1O[C@H](CO[N+](=O)[O-])C(O)C1O. The van der Waals surface area contributed by atoms with Crippen LogP contribution in [0, 0.1) is 10.1 Å². The number of hydrogen-bond acceptors (Lipinski definition) is 10. The van der Waals surface area contributed by atoms with Crippen molar-refractivity contribution in [1.82, 2.24) is 19.5 Å². The van der Waals surface area contributed by atoms with Crippen LogP contribution in [0.4, 0.5) is 5.82 Å². The summed E-state index contributed by atoms with van der Waals surface area (Å²) >= 11 is 0. The molecule has 0 amide bonds.